The maximum absolute atomic E-state index is 4.45. The van der Waals surface area contributed by atoms with E-state index in [1.54, 1.807) is 0 Å². The van der Waals surface area contributed by atoms with Crippen LogP contribution in [0.4, 0.5) is 11.5 Å². The fourth-order valence-electron chi connectivity index (χ4n) is 2.19. The summed E-state index contributed by atoms with van der Waals surface area (Å²) in [6.45, 7) is 8.87. The maximum Gasteiger partial charge on any atom is 0.132 e. The summed E-state index contributed by atoms with van der Waals surface area (Å²) in [5, 5.41) is 0. The number of benzene rings is 1. The Labute approximate surface area is 130 Å². The zero-order chi connectivity index (χ0) is 14.9. The van der Waals surface area contributed by atoms with Gasteiger partial charge in [0.25, 0.3) is 0 Å². The highest BCUT2D eigenvalue weighted by atomic mass is 79.9. The highest BCUT2D eigenvalue weighted by Crippen LogP contribution is 2.30. The van der Waals surface area contributed by atoms with E-state index >= 15 is 0 Å². The smallest absolute Gasteiger partial charge is 0.132 e. The minimum Gasteiger partial charge on any atom is -0.329 e. The molecule has 106 valence electrons. The van der Waals surface area contributed by atoms with Crippen molar-refractivity contribution < 1.29 is 0 Å². The van der Waals surface area contributed by atoms with Crippen molar-refractivity contribution in [1.82, 2.24) is 4.98 Å². The minimum atomic E-state index is 0.178. The van der Waals surface area contributed by atoms with Gasteiger partial charge in [-0.2, -0.15) is 0 Å². The van der Waals surface area contributed by atoms with Gasteiger partial charge in [-0.25, -0.2) is 4.98 Å². The number of pyridine rings is 1. The van der Waals surface area contributed by atoms with Gasteiger partial charge in [0.2, 0.25) is 0 Å². The van der Waals surface area contributed by atoms with Gasteiger partial charge in [-0.05, 0) is 57.6 Å². The Hall–Kier alpha value is -1.35. The molecular formula is C17H21BrN2. The minimum absolute atomic E-state index is 0.178. The summed E-state index contributed by atoms with van der Waals surface area (Å²) in [4.78, 5) is 6.57. The van der Waals surface area contributed by atoms with Gasteiger partial charge in [0, 0.05) is 23.4 Å². The van der Waals surface area contributed by atoms with E-state index in [1.807, 2.05) is 18.3 Å². The van der Waals surface area contributed by atoms with Crippen LogP contribution in [0.25, 0.3) is 0 Å². The van der Waals surface area contributed by atoms with Crippen LogP contribution in [0.15, 0.2) is 41.0 Å². The molecule has 1 aromatic heterocycles. The zero-order valence-electron chi connectivity index (χ0n) is 12.7. The molecule has 20 heavy (non-hydrogen) atoms. The Morgan fingerprint density at radius 2 is 1.80 bits per heavy atom. The molecule has 0 N–H and O–H groups in total. The average Bonchev–Trinajstić information content (AvgIpc) is 2.37. The Morgan fingerprint density at radius 1 is 1.10 bits per heavy atom. The molecule has 1 aromatic carbocycles. The van der Waals surface area contributed by atoms with Gasteiger partial charge in [0.05, 0.1) is 0 Å². The first-order valence-electron chi connectivity index (χ1n) is 6.75. The number of nitrogens with zero attached hydrogens (tertiary/aromatic N) is 2. The Bertz CT molecular complexity index is 597. The zero-order valence-corrected chi connectivity index (χ0v) is 14.3. The monoisotopic (exact) mass is 332 g/mol. The van der Waals surface area contributed by atoms with E-state index in [0.29, 0.717) is 0 Å². The van der Waals surface area contributed by atoms with Crippen LogP contribution in [-0.4, -0.2) is 12.0 Å². The molecule has 0 saturated carbocycles. The number of aryl methyl sites for hydroxylation is 1. The van der Waals surface area contributed by atoms with Gasteiger partial charge in [-0.1, -0.05) is 32.9 Å². The topological polar surface area (TPSA) is 16.1 Å². The second kappa shape index (κ2) is 5.57. The van der Waals surface area contributed by atoms with Gasteiger partial charge in [-0.15, -0.1) is 0 Å². The molecule has 2 rings (SSSR count). The molecule has 3 heteroatoms. The van der Waals surface area contributed by atoms with Crippen molar-refractivity contribution in [3.8, 4) is 0 Å². The molecule has 0 fully saturated rings. The van der Waals surface area contributed by atoms with Gasteiger partial charge in [0.15, 0.2) is 0 Å². The largest absolute Gasteiger partial charge is 0.329 e. The highest BCUT2D eigenvalue weighted by Gasteiger charge is 2.16. The van der Waals surface area contributed by atoms with E-state index in [0.717, 1.165) is 10.3 Å². The molecule has 0 saturated heterocycles. The van der Waals surface area contributed by atoms with Gasteiger partial charge >= 0.3 is 0 Å². The number of rotatable bonds is 2. The number of hydrogen-bond acceptors (Lipinski definition) is 2. The maximum atomic E-state index is 4.45. The first kappa shape index (κ1) is 15.0. The van der Waals surface area contributed by atoms with Crippen LogP contribution < -0.4 is 4.90 Å². The second-order valence-electron chi connectivity index (χ2n) is 6.14. The van der Waals surface area contributed by atoms with E-state index in [4.69, 9.17) is 0 Å². The van der Waals surface area contributed by atoms with Crippen molar-refractivity contribution in [2.45, 2.75) is 33.1 Å². The molecule has 0 bridgehead atoms. The van der Waals surface area contributed by atoms with E-state index in [9.17, 15) is 0 Å². The Kier molecular flexibility index (Phi) is 4.19. The van der Waals surface area contributed by atoms with Crippen molar-refractivity contribution >= 4 is 27.4 Å². The van der Waals surface area contributed by atoms with Crippen LogP contribution in [-0.2, 0) is 5.41 Å². The summed E-state index contributed by atoms with van der Waals surface area (Å²) >= 11 is 3.42. The molecule has 0 amide bonds. The summed E-state index contributed by atoms with van der Waals surface area (Å²) in [6.07, 6.45) is 1.82. The van der Waals surface area contributed by atoms with Crippen molar-refractivity contribution in [3.05, 3.63) is 52.1 Å². The Morgan fingerprint density at radius 3 is 2.30 bits per heavy atom. The molecule has 0 aliphatic carbocycles. The van der Waals surface area contributed by atoms with E-state index < -0.39 is 0 Å². The van der Waals surface area contributed by atoms with Crippen molar-refractivity contribution in [3.63, 3.8) is 0 Å². The molecular weight excluding hydrogens is 312 g/mol. The molecule has 0 aliphatic rings. The normalized spacial score (nSPS) is 11.5. The van der Waals surface area contributed by atoms with Crippen molar-refractivity contribution in [1.29, 1.82) is 0 Å². The third-order valence-electron chi connectivity index (χ3n) is 3.48. The van der Waals surface area contributed by atoms with E-state index in [1.165, 1.54) is 16.8 Å². The number of anilines is 2. The molecule has 0 atom stereocenters. The molecule has 0 radical (unpaired) electrons. The summed E-state index contributed by atoms with van der Waals surface area (Å²) in [6, 6.07) is 10.7. The van der Waals surface area contributed by atoms with Gasteiger partial charge in [0.1, 0.15) is 5.82 Å². The van der Waals surface area contributed by atoms with Gasteiger partial charge in [-0.3, -0.25) is 0 Å². The first-order valence-corrected chi connectivity index (χ1v) is 7.55. The highest BCUT2D eigenvalue weighted by molar-refractivity contribution is 9.10. The average molecular weight is 333 g/mol. The first-order chi connectivity index (χ1) is 9.29. The quantitative estimate of drug-likeness (QED) is 0.749. The predicted octanol–water partition coefficient (Wildman–Crippen LogP) is 5.22. The van der Waals surface area contributed by atoms with Crippen LogP contribution in [0, 0.1) is 6.92 Å². The molecule has 1 heterocycles. The lowest BCUT2D eigenvalue weighted by Crippen LogP contribution is -2.15. The van der Waals surface area contributed by atoms with Crippen molar-refractivity contribution in [2.24, 2.45) is 0 Å². The van der Waals surface area contributed by atoms with Crippen LogP contribution in [0.2, 0.25) is 0 Å². The molecule has 0 aliphatic heterocycles. The summed E-state index contributed by atoms with van der Waals surface area (Å²) < 4.78 is 0.995. The van der Waals surface area contributed by atoms with Crippen LogP contribution >= 0.6 is 15.9 Å². The van der Waals surface area contributed by atoms with E-state index in [2.05, 4.69) is 78.8 Å². The number of hydrogen-bond donors (Lipinski definition) is 0. The van der Waals surface area contributed by atoms with Crippen molar-refractivity contribution in [2.75, 3.05) is 11.9 Å². The third-order valence-corrected chi connectivity index (χ3v) is 3.95. The lowest BCUT2D eigenvalue weighted by molar-refractivity contribution is 0.590. The lowest BCUT2D eigenvalue weighted by atomic mass is 9.86. The Balaban J connectivity index is 2.36. The second-order valence-corrected chi connectivity index (χ2v) is 7.06. The standard InChI is InChI=1S/C17H21BrN2/c1-12-10-13(17(2,3)4)6-8-15(12)20(5)16-9-7-14(18)11-19-16/h6-11H,1-5H3. The molecule has 2 nitrogen and oxygen atoms in total. The summed E-state index contributed by atoms with van der Waals surface area (Å²) in [7, 11) is 2.05. The molecule has 0 unspecified atom stereocenters. The van der Waals surface area contributed by atoms with Crippen LogP contribution in [0.1, 0.15) is 31.9 Å². The van der Waals surface area contributed by atoms with E-state index in [-0.39, 0.29) is 5.41 Å². The SMILES string of the molecule is Cc1cc(C(C)(C)C)ccc1N(C)c1ccc(Br)cn1. The predicted molar refractivity (Wildman–Crippen MR) is 89.9 cm³/mol. The van der Waals surface area contributed by atoms with Crippen LogP contribution in [0.5, 0.6) is 0 Å². The molecule has 0 spiro atoms. The third kappa shape index (κ3) is 3.21. The summed E-state index contributed by atoms with van der Waals surface area (Å²) in [5.41, 5.74) is 3.99. The number of aromatic nitrogens is 1. The fourth-order valence-corrected chi connectivity index (χ4v) is 2.42. The lowest BCUT2D eigenvalue weighted by Gasteiger charge is -2.24. The summed E-state index contributed by atoms with van der Waals surface area (Å²) in [5.74, 6) is 0.944. The van der Waals surface area contributed by atoms with Gasteiger partial charge < -0.3 is 4.90 Å². The van der Waals surface area contributed by atoms with Crippen LogP contribution in [0.3, 0.4) is 0 Å². The molecule has 2 aromatic rings. The number of halogens is 1. The fraction of sp³-hybridized carbons (Fsp3) is 0.353.